The molecule has 1 heterocycles. The van der Waals surface area contributed by atoms with Crippen molar-refractivity contribution in [2.45, 2.75) is 0 Å². The molecule has 11 aromatic rings. The van der Waals surface area contributed by atoms with E-state index in [4.69, 9.17) is 0 Å². The molecule has 1 aromatic heterocycles. The first-order chi connectivity index (χ1) is 27.7. The number of anilines is 3. The van der Waals surface area contributed by atoms with Gasteiger partial charge in [-0.3, -0.25) is 0 Å². The number of rotatable bonds is 6. The van der Waals surface area contributed by atoms with Crippen LogP contribution in [0.3, 0.4) is 0 Å². The quantitative estimate of drug-likeness (QED) is 0.154. The maximum Gasteiger partial charge on any atom is 0.0467 e. The summed E-state index contributed by atoms with van der Waals surface area (Å²) in [7, 11) is 0. The summed E-state index contributed by atoms with van der Waals surface area (Å²) in [4.78, 5) is 2.37. The lowest BCUT2D eigenvalue weighted by molar-refractivity contribution is 1.28. The molecule has 0 aliphatic rings. The SMILES string of the molecule is c1ccc(-c2cccc(N(c3ccc(-c4ccc5cc6c(cc5c4)sc4ccccc46)cc3)c3ccc(-c4cc5ccccc5c5ccccc45)cc3)c2)cc1. The molecule has 11 rings (SSSR count). The Labute approximate surface area is 330 Å². The third kappa shape index (κ3) is 5.62. The number of thiophene rings is 1. The first kappa shape index (κ1) is 32.4. The molecule has 10 aromatic carbocycles. The Bertz CT molecular complexity index is 3230. The fourth-order valence-electron chi connectivity index (χ4n) is 8.44. The van der Waals surface area contributed by atoms with Crippen LogP contribution in [0.5, 0.6) is 0 Å². The Morgan fingerprint density at radius 2 is 0.875 bits per heavy atom. The van der Waals surface area contributed by atoms with Crippen molar-refractivity contribution in [2.24, 2.45) is 0 Å². The summed E-state index contributed by atoms with van der Waals surface area (Å²) < 4.78 is 2.67. The molecular weight excluding hydrogens is 695 g/mol. The average Bonchev–Trinajstić information content (AvgIpc) is 3.63. The molecule has 0 N–H and O–H groups in total. The summed E-state index contributed by atoms with van der Waals surface area (Å²) in [6.07, 6.45) is 0. The van der Waals surface area contributed by atoms with Crippen LogP contribution in [0.1, 0.15) is 0 Å². The smallest absolute Gasteiger partial charge is 0.0467 e. The predicted octanol–water partition coefficient (Wildman–Crippen LogP) is 16.0. The summed E-state index contributed by atoms with van der Waals surface area (Å²) in [5, 5.41) is 10.3. The number of hydrogen-bond acceptors (Lipinski definition) is 2. The van der Waals surface area contributed by atoms with Gasteiger partial charge in [0.1, 0.15) is 0 Å². The Kier molecular flexibility index (Phi) is 7.75. The lowest BCUT2D eigenvalue weighted by atomic mass is 9.93. The van der Waals surface area contributed by atoms with Gasteiger partial charge in [0.15, 0.2) is 0 Å². The highest BCUT2D eigenvalue weighted by Crippen LogP contribution is 2.41. The molecular formula is C54H35NS. The van der Waals surface area contributed by atoms with Crippen LogP contribution in [0, 0.1) is 0 Å². The minimum absolute atomic E-state index is 1.11. The van der Waals surface area contributed by atoms with Crippen LogP contribution in [0.15, 0.2) is 212 Å². The van der Waals surface area contributed by atoms with Gasteiger partial charge >= 0.3 is 0 Å². The first-order valence-electron chi connectivity index (χ1n) is 19.2. The van der Waals surface area contributed by atoms with Crippen molar-refractivity contribution >= 4 is 80.9 Å². The molecule has 0 spiro atoms. The maximum absolute atomic E-state index is 2.37. The molecule has 0 atom stereocenters. The van der Waals surface area contributed by atoms with Crippen molar-refractivity contribution < 1.29 is 0 Å². The van der Waals surface area contributed by atoms with Crippen molar-refractivity contribution in [3.63, 3.8) is 0 Å². The topological polar surface area (TPSA) is 3.24 Å². The molecule has 0 fully saturated rings. The minimum atomic E-state index is 1.11. The zero-order valence-electron chi connectivity index (χ0n) is 30.6. The third-order valence-corrected chi connectivity index (χ3v) is 12.3. The maximum atomic E-state index is 2.37. The van der Waals surface area contributed by atoms with Crippen LogP contribution in [0.2, 0.25) is 0 Å². The second kappa shape index (κ2) is 13.4. The fourth-order valence-corrected chi connectivity index (χ4v) is 9.57. The van der Waals surface area contributed by atoms with Gasteiger partial charge in [-0.2, -0.15) is 0 Å². The highest BCUT2D eigenvalue weighted by atomic mass is 32.1. The molecule has 262 valence electrons. The second-order valence-corrected chi connectivity index (χ2v) is 15.6. The normalized spacial score (nSPS) is 11.6. The van der Waals surface area contributed by atoms with Crippen LogP contribution < -0.4 is 4.90 Å². The summed E-state index contributed by atoms with van der Waals surface area (Å²) in [6.45, 7) is 0. The minimum Gasteiger partial charge on any atom is -0.310 e. The van der Waals surface area contributed by atoms with Gasteiger partial charge in [0.25, 0.3) is 0 Å². The van der Waals surface area contributed by atoms with Crippen LogP contribution in [-0.4, -0.2) is 0 Å². The Balaban J connectivity index is 0.993. The monoisotopic (exact) mass is 729 g/mol. The Morgan fingerprint density at radius 3 is 1.68 bits per heavy atom. The van der Waals surface area contributed by atoms with Crippen molar-refractivity contribution in [3.05, 3.63) is 212 Å². The molecule has 0 bridgehead atoms. The summed E-state index contributed by atoms with van der Waals surface area (Å²) >= 11 is 1.87. The van der Waals surface area contributed by atoms with E-state index >= 15 is 0 Å². The van der Waals surface area contributed by atoms with Gasteiger partial charge < -0.3 is 4.90 Å². The van der Waals surface area contributed by atoms with E-state index in [1.54, 1.807) is 0 Å². The lowest BCUT2D eigenvalue weighted by Crippen LogP contribution is -2.10. The highest BCUT2D eigenvalue weighted by molar-refractivity contribution is 7.25. The number of hydrogen-bond donors (Lipinski definition) is 0. The van der Waals surface area contributed by atoms with E-state index in [1.807, 2.05) is 11.3 Å². The molecule has 0 aliphatic heterocycles. The zero-order valence-corrected chi connectivity index (χ0v) is 31.4. The highest BCUT2D eigenvalue weighted by Gasteiger charge is 2.16. The first-order valence-corrected chi connectivity index (χ1v) is 20.0. The van der Waals surface area contributed by atoms with Gasteiger partial charge in [-0.15, -0.1) is 11.3 Å². The molecule has 0 radical (unpaired) electrons. The summed E-state index contributed by atoms with van der Waals surface area (Å²) in [5.74, 6) is 0. The van der Waals surface area contributed by atoms with Crippen molar-refractivity contribution in [2.75, 3.05) is 4.90 Å². The molecule has 0 saturated heterocycles. The largest absolute Gasteiger partial charge is 0.310 e. The second-order valence-electron chi connectivity index (χ2n) is 14.5. The standard InChI is InChI=1S/C54H35NS/c1-2-11-36(12-3-1)39-14-10-15-46(32-39)55(45-29-25-38(26-30-45)51-34-42-13-4-5-16-47(42)48-17-6-7-18-49(48)51)44-27-23-37(24-28-44)40-21-22-41-33-52-50-19-8-9-20-53(50)56-54(52)35-43(41)31-40/h1-35H. The fraction of sp³-hybridized carbons (Fsp3) is 0. The van der Waals surface area contributed by atoms with E-state index in [2.05, 4.69) is 217 Å². The van der Waals surface area contributed by atoms with Gasteiger partial charge in [0, 0.05) is 37.2 Å². The predicted molar refractivity (Wildman–Crippen MR) is 243 cm³/mol. The molecule has 0 amide bonds. The van der Waals surface area contributed by atoms with Gasteiger partial charge in [-0.05, 0) is 132 Å². The zero-order chi connectivity index (χ0) is 37.0. The molecule has 0 saturated carbocycles. The van der Waals surface area contributed by atoms with Crippen LogP contribution >= 0.6 is 11.3 Å². The van der Waals surface area contributed by atoms with E-state index in [1.165, 1.54) is 85.9 Å². The molecule has 0 unspecified atom stereocenters. The summed E-state index contributed by atoms with van der Waals surface area (Å²) in [6, 6.07) is 77.7. The van der Waals surface area contributed by atoms with Crippen LogP contribution in [-0.2, 0) is 0 Å². The van der Waals surface area contributed by atoms with E-state index in [0.29, 0.717) is 0 Å². The van der Waals surface area contributed by atoms with E-state index in [-0.39, 0.29) is 0 Å². The van der Waals surface area contributed by atoms with Gasteiger partial charge in [-0.1, -0.05) is 146 Å². The van der Waals surface area contributed by atoms with Gasteiger partial charge in [0.2, 0.25) is 0 Å². The van der Waals surface area contributed by atoms with E-state index in [9.17, 15) is 0 Å². The number of nitrogens with zero attached hydrogens (tertiary/aromatic N) is 1. The summed E-state index contributed by atoms with van der Waals surface area (Å²) in [5.41, 5.74) is 10.6. The molecule has 56 heavy (non-hydrogen) atoms. The van der Waals surface area contributed by atoms with Crippen molar-refractivity contribution in [1.29, 1.82) is 0 Å². The van der Waals surface area contributed by atoms with Gasteiger partial charge in [0.05, 0.1) is 0 Å². The lowest BCUT2D eigenvalue weighted by Gasteiger charge is -2.26. The van der Waals surface area contributed by atoms with Crippen molar-refractivity contribution in [1.82, 2.24) is 0 Å². The third-order valence-electron chi connectivity index (χ3n) is 11.2. The molecule has 1 nitrogen and oxygen atoms in total. The Morgan fingerprint density at radius 1 is 0.268 bits per heavy atom. The van der Waals surface area contributed by atoms with E-state index < -0.39 is 0 Å². The number of fused-ring (bicyclic) bond motifs is 7. The average molecular weight is 730 g/mol. The van der Waals surface area contributed by atoms with Gasteiger partial charge in [-0.25, -0.2) is 0 Å². The number of benzene rings is 10. The molecule has 2 heteroatoms. The Hall–Kier alpha value is -7.00. The van der Waals surface area contributed by atoms with Crippen LogP contribution in [0.4, 0.5) is 17.1 Å². The van der Waals surface area contributed by atoms with Crippen molar-refractivity contribution in [3.8, 4) is 33.4 Å². The van der Waals surface area contributed by atoms with E-state index in [0.717, 1.165) is 17.1 Å². The molecule has 0 aliphatic carbocycles. The van der Waals surface area contributed by atoms with Crippen LogP contribution in [0.25, 0.3) is 85.9 Å².